The van der Waals surface area contributed by atoms with E-state index in [1.54, 1.807) is 6.20 Å². The van der Waals surface area contributed by atoms with Crippen LogP contribution in [0.5, 0.6) is 0 Å². The molecule has 2 aliphatic carbocycles. The Morgan fingerprint density at radius 2 is 2.20 bits per heavy atom. The number of aromatic nitrogens is 2. The second-order valence-electron chi connectivity index (χ2n) is 4.41. The molecule has 0 amide bonds. The lowest BCUT2D eigenvalue weighted by Crippen LogP contribution is -2.43. The van der Waals surface area contributed by atoms with Crippen LogP contribution in [-0.4, -0.2) is 27.8 Å². The average Bonchev–Trinajstić information content (AvgIpc) is 2.81. The van der Waals surface area contributed by atoms with Crippen molar-refractivity contribution >= 4 is 5.96 Å². The van der Waals surface area contributed by atoms with Crippen molar-refractivity contribution in [2.45, 2.75) is 44.2 Å². The Balaban J connectivity index is 1.74. The van der Waals surface area contributed by atoms with E-state index < -0.39 is 0 Å². The van der Waals surface area contributed by atoms with Crippen molar-refractivity contribution in [3.05, 3.63) is 18.5 Å². The highest BCUT2D eigenvalue weighted by Crippen LogP contribution is 2.24. The first-order chi connectivity index (χ1) is 7.42. The van der Waals surface area contributed by atoms with Crippen molar-refractivity contribution in [1.29, 1.82) is 0 Å². The van der Waals surface area contributed by atoms with Crippen molar-refractivity contribution in [3.63, 3.8) is 0 Å². The zero-order valence-corrected chi connectivity index (χ0v) is 8.76. The summed E-state index contributed by atoms with van der Waals surface area (Å²) in [6.07, 6.45) is 10.1. The van der Waals surface area contributed by atoms with E-state index in [1.807, 2.05) is 16.9 Å². The predicted octanol–water partition coefficient (Wildman–Crippen LogP) is 1.39. The van der Waals surface area contributed by atoms with E-state index in [1.165, 1.54) is 32.1 Å². The maximum atomic E-state index is 4.66. The smallest absolute Gasteiger partial charge is 0.219 e. The highest BCUT2D eigenvalue weighted by atomic mass is 15.4. The van der Waals surface area contributed by atoms with Gasteiger partial charge in [-0.25, -0.2) is 9.67 Å². The predicted molar refractivity (Wildman–Crippen MR) is 58.9 cm³/mol. The molecule has 0 unspecified atom stereocenters. The molecule has 1 N–H and O–H groups in total. The Hall–Kier alpha value is -1.32. The summed E-state index contributed by atoms with van der Waals surface area (Å²) < 4.78 is 1.84. The molecule has 2 fully saturated rings. The molecule has 2 aliphatic rings. The molecule has 0 radical (unpaired) electrons. The quantitative estimate of drug-likeness (QED) is 0.584. The number of rotatable bonds is 2. The second-order valence-corrected chi connectivity index (χ2v) is 4.41. The summed E-state index contributed by atoms with van der Waals surface area (Å²) in [5, 5.41) is 7.71. The maximum Gasteiger partial charge on any atom is 0.219 e. The molecule has 4 nitrogen and oxygen atoms in total. The zero-order valence-electron chi connectivity index (χ0n) is 8.76. The molecule has 0 atom stereocenters. The van der Waals surface area contributed by atoms with Crippen LogP contribution in [0.3, 0.4) is 0 Å². The molecule has 0 aromatic carbocycles. The summed E-state index contributed by atoms with van der Waals surface area (Å²) in [7, 11) is 0. The molecule has 1 aromatic heterocycles. The fourth-order valence-electron chi connectivity index (χ4n) is 1.67. The molecule has 4 heteroatoms. The van der Waals surface area contributed by atoms with Crippen molar-refractivity contribution in [1.82, 2.24) is 15.1 Å². The van der Waals surface area contributed by atoms with Crippen LogP contribution < -0.4 is 5.32 Å². The molecule has 2 saturated carbocycles. The highest BCUT2D eigenvalue weighted by Gasteiger charge is 2.24. The topological polar surface area (TPSA) is 42.2 Å². The van der Waals surface area contributed by atoms with E-state index in [0.29, 0.717) is 12.1 Å². The Bertz CT molecular complexity index is 347. The maximum absolute atomic E-state index is 4.66. The number of hydrogen-bond acceptors (Lipinski definition) is 2. The van der Waals surface area contributed by atoms with Crippen LogP contribution >= 0.6 is 0 Å². The molecule has 1 heterocycles. The highest BCUT2D eigenvalue weighted by molar-refractivity contribution is 5.82. The molecule has 80 valence electrons. The van der Waals surface area contributed by atoms with Crippen LogP contribution in [0, 0.1) is 0 Å². The van der Waals surface area contributed by atoms with Gasteiger partial charge >= 0.3 is 0 Å². The van der Waals surface area contributed by atoms with Gasteiger partial charge in [0.25, 0.3) is 0 Å². The average molecular weight is 204 g/mol. The van der Waals surface area contributed by atoms with E-state index in [0.717, 1.165) is 5.96 Å². The number of nitrogens with zero attached hydrogens (tertiary/aromatic N) is 3. The minimum atomic E-state index is 0.539. The first kappa shape index (κ1) is 8.95. The normalized spacial score (nSPS) is 22.5. The van der Waals surface area contributed by atoms with E-state index in [9.17, 15) is 0 Å². The van der Waals surface area contributed by atoms with E-state index in [4.69, 9.17) is 0 Å². The van der Waals surface area contributed by atoms with E-state index in [2.05, 4.69) is 15.4 Å². The lowest BCUT2D eigenvalue weighted by atomic mass is 9.93. The summed E-state index contributed by atoms with van der Waals surface area (Å²) in [5.41, 5.74) is 0. The summed E-state index contributed by atoms with van der Waals surface area (Å²) in [5.74, 6) is 0.937. The minimum absolute atomic E-state index is 0.539. The van der Waals surface area contributed by atoms with Crippen LogP contribution in [0.4, 0.5) is 0 Å². The SMILES string of the molecule is c1cnn(C(=NC2CC2)NC2CCC2)c1. The molecule has 0 aliphatic heterocycles. The fraction of sp³-hybridized carbons (Fsp3) is 0.636. The third-order valence-electron chi connectivity index (χ3n) is 3.01. The van der Waals surface area contributed by atoms with Crippen molar-refractivity contribution in [2.75, 3.05) is 0 Å². The van der Waals surface area contributed by atoms with E-state index >= 15 is 0 Å². The number of hydrogen-bond donors (Lipinski definition) is 1. The molecule has 1 aromatic rings. The van der Waals surface area contributed by atoms with Crippen LogP contribution in [0.2, 0.25) is 0 Å². The Morgan fingerprint density at radius 3 is 2.73 bits per heavy atom. The third-order valence-corrected chi connectivity index (χ3v) is 3.01. The fourth-order valence-corrected chi connectivity index (χ4v) is 1.67. The van der Waals surface area contributed by atoms with E-state index in [-0.39, 0.29) is 0 Å². The first-order valence-electron chi connectivity index (χ1n) is 5.76. The molecule has 0 bridgehead atoms. The van der Waals surface area contributed by atoms with Gasteiger partial charge in [0.1, 0.15) is 0 Å². The van der Waals surface area contributed by atoms with Gasteiger partial charge in [0, 0.05) is 18.4 Å². The van der Waals surface area contributed by atoms with Gasteiger partial charge < -0.3 is 5.32 Å². The van der Waals surface area contributed by atoms with Gasteiger partial charge in [0.15, 0.2) is 0 Å². The molecule has 0 spiro atoms. The van der Waals surface area contributed by atoms with Gasteiger partial charge in [-0.2, -0.15) is 5.10 Å². The molecular formula is C11H16N4. The first-order valence-corrected chi connectivity index (χ1v) is 5.76. The van der Waals surface area contributed by atoms with Gasteiger partial charge in [0.2, 0.25) is 5.96 Å². The van der Waals surface area contributed by atoms with Gasteiger partial charge in [-0.15, -0.1) is 0 Å². The van der Waals surface area contributed by atoms with Crippen LogP contribution in [-0.2, 0) is 0 Å². The Morgan fingerprint density at radius 1 is 1.33 bits per heavy atom. The van der Waals surface area contributed by atoms with Crippen LogP contribution in [0.1, 0.15) is 32.1 Å². The molecule has 0 saturated heterocycles. The number of nitrogens with one attached hydrogen (secondary N) is 1. The molecular weight excluding hydrogens is 188 g/mol. The summed E-state index contributed by atoms with van der Waals surface area (Å²) >= 11 is 0. The lowest BCUT2D eigenvalue weighted by molar-refractivity contribution is 0.379. The van der Waals surface area contributed by atoms with Crippen molar-refractivity contribution < 1.29 is 0 Å². The monoisotopic (exact) mass is 204 g/mol. The van der Waals surface area contributed by atoms with Gasteiger partial charge in [-0.1, -0.05) is 0 Å². The summed E-state index contributed by atoms with van der Waals surface area (Å²) in [6.45, 7) is 0. The second kappa shape index (κ2) is 3.68. The van der Waals surface area contributed by atoms with Crippen LogP contribution in [0.15, 0.2) is 23.5 Å². The van der Waals surface area contributed by atoms with Crippen molar-refractivity contribution in [2.24, 2.45) is 4.99 Å². The standard InChI is InChI=1S/C11H16N4/c1-3-9(4-1)13-11(14-10-5-6-10)15-8-2-7-12-15/h2,7-10H,1,3-6H2,(H,13,14). The number of aliphatic imine (C=N–C) groups is 1. The molecule has 3 rings (SSSR count). The van der Waals surface area contributed by atoms with Gasteiger partial charge in [-0.05, 0) is 38.2 Å². The Kier molecular flexibility index (Phi) is 2.19. The van der Waals surface area contributed by atoms with Crippen LogP contribution in [0.25, 0.3) is 0 Å². The summed E-state index contributed by atoms with van der Waals surface area (Å²) in [6, 6.07) is 3.09. The zero-order chi connectivity index (χ0) is 10.1. The van der Waals surface area contributed by atoms with Gasteiger partial charge in [-0.3, -0.25) is 0 Å². The molecule has 15 heavy (non-hydrogen) atoms. The van der Waals surface area contributed by atoms with Gasteiger partial charge in [0.05, 0.1) is 6.04 Å². The minimum Gasteiger partial charge on any atom is -0.352 e. The third kappa shape index (κ3) is 2.03. The summed E-state index contributed by atoms with van der Waals surface area (Å²) in [4.78, 5) is 4.66. The van der Waals surface area contributed by atoms with Crippen molar-refractivity contribution in [3.8, 4) is 0 Å². The largest absolute Gasteiger partial charge is 0.352 e. The lowest BCUT2D eigenvalue weighted by Gasteiger charge is -2.27. The Labute approximate surface area is 89.4 Å².